The first-order valence-corrected chi connectivity index (χ1v) is 10.4. The van der Waals surface area contributed by atoms with Gasteiger partial charge in [0.05, 0.1) is 9.79 Å². The van der Waals surface area contributed by atoms with E-state index in [0.717, 1.165) is 15.9 Å². The third-order valence-corrected chi connectivity index (χ3v) is 6.85. The molecule has 2 aromatic carbocycles. The van der Waals surface area contributed by atoms with Gasteiger partial charge in [0.15, 0.2) is 0 Å². The zero-order valence-corrected chi connectivity index (χ0v) is 16.9. The van der Waals surface area contributed by atoms with E-state index in [2.05, 4.69) is 4.72 Å². The second kappa shape index (κ2) is 8.83. The highest BCUT2D eigenvalue weighted by molar-refractivity contribution is 7.90. The molecule has 0 bridgehead atoms. The molecule has 0 spiro atoms. The molecule has 0 saturated carbocycles. The van der Waals surface area contributed by atoms with Crippen LogP contribution in [-0.2, 0) is 26.5 Å². The van der Waals surface area contributed by atoms with E-state index in [1.807, 2.05) is 12.1 Å². The minimum absolute atomic E-state index is 0. The Bertz CT molecular complexity index is 944. The average Bonchev–Trinajstić information content (AvgIpc) is 2.56. The highest BCUT2D eigenvalue weighted by Crippen LogP contribution is 2.18. The lowest BCUT2D eigenvalue weighted by Gasteiger charge is -2.13. The minimum atomic E-state index is -3.80. The van der Waals surface area contributed by atoms with Crippen LogP contribution < -0.4 is 10.5 Å². The summed E-state index contributed by atoms with van der Waals surface area (Å²) in [6.45, 7) is 0.191. The van der Waals surface area contributed by atoms with Crippen LogP contribution in [0.15, 0.2) is 58.3 Å². The number of hydrogen-bond acceptors (Lipinski definition) is 5. The molecule has 0 fully saturated rings. The molecular formula is C16H22ClN3O4S2. The number of halogens is 1. The molecule has 0 atom stereocenters. The van der Waals surface area contributed by atoms with Gasteiger partial charge in [-0.1, -0.05) is 18.2 Å². The number of nitrogens with two attached hydrogens (primary N) is 1. The van der Waals surface area contributed by atoms with Crippen LogP contribution in [0.4, 0.5) is 5.69 Å². The third-order valence-electron chi connectivity index (χ3n) is 3.58. The van der Waals surface area contributed by atoms with Crippen molar-refractivity contribution in [3.8, 4) is 0 Å². The predicted octanol–water partition coefficient (Wildman–Crippen LogP) is 1.46. The smallest absolute Gasteiger partial charge is 0.242 e. The number of sulfonamides is 2. The Hall–Kier alpha value is -1.65. The van der Waals surface area contributed by atoms with Crippen LogP contribution in [0.1, 0.15) is 5.56 Å². The zero-order valence-electron chi connectivity index (χ0n) is 14.4. The number of nitrogen functional groups attached to an aromatic ring is 1. The maximum absolute atomic E-state index is 12.4. The van der Waals surface area contributed by atoms with E-state index in [1.54, 1.807) is 12.1 Å². The molecule has 0 unspecified atom stereocenters. The standard InChI is InChI=1S/C16H21N3O4S2.ClH/c1-19(2)25(22,23)16-5-3-4-15(12-16)24(20,21)18-11-10-13-6-8-14(17)9-7-13;/h3-9,12,18H,10-11,17H2,1-2H3;1H. The molecule has 2 rings (SSSR count). The summed E-state index contributed by atoms with van der Waals surface area (Å²) < 4.78 is 52.6. The molecule has 2 aromatic rings. The number of benzene rings is 2. The second-order valence-corrected chi connectivity index (χ2v) is 9.57. The van der Waals surface area contributed by atoms with Crippen molar-refractivity contribution >= 4 is 38.1 Å². The molecule has 0 saturated heterocycles. The Balaban J connectivity index is 0.00000338. The largest absolute Gasteiger partial charge is 0.399 e. The van der Waals surface area contributed by atoms with Gasteiger partial charge in [-0.05, 0) is 42.3 Å². The molecule has 0 radical (unpaired) electrons. The molecule has 0 aliphatic carbocycles. The second-order valence-electron chi connectivity index (χ2n) is 5.65. The lowest BCUT2D eigenvalue weighted by molar-refractivity contribution is 0.520. The summed E-state index contributed by atoms with van der Waals surface area (Å²) in [7, 11) is -4.72. The maximum atomic E-state index is 12.4. The van der Waals surface area contributed by atoms with Crippen LogP contribution in [0.5, 0.6) is 0 Å². The Kier molecular flexibility index (Phi) is 7.60. The van der Waals surface area contributed by atoms with E-state index in [9.17, 15) is 16.8 Å². The summed E-state index contributed by atoms with van der Waals surface area (Å²) in [5.74, 6) is 0. The highest BCUT2D eigenvalue weighted by atomic mass is 35.5. The lowest BCUT2D eigenvalue weighted by Crippen LogP contribution is -2.27. The average molecular weight is 420 g/mol. The topological polar surface area (TPSA) is 110 Å². The van der Waals surface area contributed by atoms with Gasteiger partial charge in [-0.15, -0.1) is 12.4 Å². The van der Waals surface area contributed by atoms with Gasteiger partial charge in [-0.3, -0.25) is 0 Å². The van der Waals surface area contributed by atoms with E-state index < -0.39 is 20.0 Å². The summed E-state index contributed by atoms with van der Waals surface area (Å²) in [5, 5.41) is 0. The third kappa shape index (κ3) is 5.42. The van der Waals surface area contributed by atoms with Crippen molar-refractivity contribution in [3.63, 3.8) is 0 Å². The van der Waals surface area contributed by atoms with Crippen LogP contribution in [0.25, 0.3) is 0 Å². The molecule has 144 valence electrons. The van der Waals surface area contributed by atoms with E-state index in [-0.39, 0.29) is 28.7 Å². The SMILES string of the molecule is CN(C)S(=O)(=O)c1cccc(S(=O)(=O)NCCc2ccc(N)cc2)c1.Cl. The van der Waals surface area contributed by atoms with Crippen molar-refractivity contribution in [3.05, 3.63) is 54.1 Å². The first-order chi connectivity index (χ1) is 11.6. The summed E-state index contributed by atoms with van der Waals surface area (Å²) in [6.07, 6.45) is 0.495. The molecule has 0 aliphatic heterocycles. The first kappa shape index (κ1) is 22.4. The van der Waals surface area contributed by atoms with E-state index >= 15 is 0 Å². The minimum Gasteiger partial charge on any atom is -0.399 e. The van der Waals surface area contributed by atoms with Gasteiger partial charge < -0.3 is 5.73 Å². The van der Waals surface area contributed by atoms with Crippen molar-refractivity contribution in [2.75, 3.05) is 26.4 Å². The Labute approximate surface area is 160 Å². The molecule has 0 aliphatic rings. The number of anilines is 1. The first-order valence-electron chi connectivity index (χ1n) is 7.49. The number of nitrogens with zero attached hydrogens (tertiary/aromatic N) is 1. The fourth-order valence-corrected chi connectivity index (χ4v) is 4.21. The fourth-order valence-electron chi connectivity index (χ4n) is 2.11. The Morgan fingerprint density at radius 2 is 1.54 bits per heavy atom. The zero-order chi connectivity index (χ0) is 18.7. The van der Waals surface area contributed by atoms with Gasteiger partial charge in [-0.2, -0.15) is 0 Å². The van der Waals surface area contributed by atoms with Crippen molar-refractivity contribution in [2.24, 2.45) is 0 Å². The van der Waals surface area contributed by atoms with Gasteiger partial charge in [0.2, 0.25) is 20.0 Å². The molecule has 0 amide bonds. The molecule has 0 heterocycles. The normalized spacial score (nSPS) is 12.0. The van der Waals surface area contributed by atoms with Gasteiger partial charge in [0, 0.05) is 26.3 Å². The van der Waals surface area contributed by atoms with E-state index in [4.69, 9.17) is 5.73 Å². The van der Waals surface area contributed by atoms with Crippen LogP contribution >= 0.6 is 12.4 Å². The van der Waals surface area contributed by atoms with Crippen LogP contribution in [0.3, 0.4) is 0 Å². The Morgan fingerprint density at radius 1 is 0.962 bits per heavy atom. The monoisotopic (exact) mass is 419 g/mol. The van der Waals surface area contributed by atoms with Crippen LogP contribution in [-0.4, -0.2) is 41.8 Å². The number of hydrogen-bond donors (Lipinski definition) is 2. The van der Waals surface area contributed by atoms with Crippen molar-refractivity contribution < 1.29 is 16.8 Å². The predicted molar refractivity (Wildman–Crippen MR) is 104 cm³/mol. The van der Waals surface area contributed by atoms with Crippen molar-refractivity contribution in [2.45, 2.75) is 16.2 Å². The summed E-state index contributed by atoms with van der Waals surface area (Å²) in [4.78, 5) is -0.161. The van der Waals surface area contributed by atoms with Crippen LogP contribution in [0, 0.1) is 0 Å². The van der Waals surface area contributed by atoms with Crippen LogP contribution in [0.2, 0.25) is 0 Å². The van der Waals surface area contributed by atoms with Crippen molar-refractivity contribution in [1.29, 1.82) is 0 Å². The quantitative estimate of drug-likeness (QED) is 0.660. The van der Waals surface area contributed by atoms with E-state index in [1.165, 1.54) is 32.3 Å². The maximum Gasteiger partial charge on any atom is 0.242 e. The molecule has 10 heteroatoms. The number of nitrogens with one attached hydrogen (secondary N) is 1. The van der Waals surface area contributed by atoms with Gasteiger partial charge in [0.1, 0.15) is 0 Å². The summed E-state index contributed by atoms with van der Waals surface area (Å²) in [5.41, 5.74) is 7.19. The molecule has 0 aromatic heterocycles. The lowest BCUT2D eigenvalue weighted by atomic mass is 10.1. The van der Waals surface area contributed by atoms with E-state index in [0.29, 0.717) is 12.1 Å². The van der Waals surface area contributed by atoms with Gasteiger partial charge >= 0.3 is 0 Å². The fraction of sp³-hybridized carbons (Fsp3) is 0.250. The highest BCUT2D eigenvalue weighted by Gasteiger charge is 2.21. The summed E-state index contributed by atoms with van der Waals surface area (Å²) in [6, 6.07) is 12.4. The molecule has 7 nitrogen and oxygen atoms in total. The Morgan fingerprint density at radius 3 is 2.12 bits per heavy atom. The number of rotatable bonds is 7. The van der Waals surface area contributed by atoms with Gasteiger partial charge in [0.25, 0.3) is 0 Å². The molecule has 3 N–H and O–H groups in total. The molecular weight excluding hydrogens is 398 g/mol. The van der Waals surface area contributed by atoms with Gasteiger partial charge in [-0.25, -0.2) is 25.9 Å². The van der Waals surface area contributed by atoms with Crippen molar-refractivity contribution in [1.82, 2.24) is 9.03 Å². The summed E-state index contributed by atoms with van der Waals surface area (Å²) >= 11 is 0. The molecule has 26 heavy (non-hydrogen) atoms.